The standard InChI is InChI=1S/C52H33N3/c1-3-11-34(12-4-1)36-19-21-38(22-20-36)51-45-29-25-42(35-13-5-2-6-14-35)32-47(45)53-52(54-51)39-23-27-43(28-24-39)55-48-30-26-37-15-9-10-18-44(37)50(48)46-31-40-16-7-8-17-41(40)33-49(46)55/h1-33H. The van der Waals surface area contributed by atoms with Crippen LogP contribution in [0.4, 0.5) is 0 Å². The van der Waals surface area contributed by atoms with Gasteiger partial charge in [0.05, 0.1) is 22.2 Å². The van der Waals surface area contributed by atoms with Gasteiger partial charge in [-0.1, -0.05) is 146 Å². The van der Waals surface area contributed by atoms with Crippen molar-refractivity contribution in [3.8, 4) is 50.6 Å². The topological polar surface area (TPSA) is 30.7 Å². The fraction of sp³-hybridized carbons (Fsp3) is 0. The Morgan fingerprint density at radius 3 is 1.65 bits per heavy atom. The van der Waals surface area contributed by atoms with Gasteiger partial charge in [0, 0.05) is 33.0 Å². The molecule has 0 bridgehead atoms. The highest BCUT2D eigenvalue weighted by Crippen LogP contribution is 2.39. The van der Waals surface area contributed by atoms with Crippen molar-refractivity contribution < 1.29 is 0 Å². The Morgan fingerprint density at radius 1 is 0.327 bits per heavy atom. The molecule has 0 aliphatic heterocycles. The van der Waals surface area contributed by atoms with Crippen molar-refractivity contribution in [1.82, 2.24) is 14.5 Å². The van der Waals surface area contributed by atoms with E-state index in [9.17, 15) is 0 Å². The van der Waals surface area contributed by atoms with Crippen molar-refractivity contribution in [1.29, 1.82) is 0 Å². The van der Waals surface area contributed by atoms with E-state index in [1.807, 2.05) is 0 Å². The second kappa shape index (κ2) is 12.6. The molecule has 55 heavy (non-hydrogen) atoms. The van der Waals surface area contributed by atoms with Gasteiger partial charge in [-0.3, -0.25) is 0 Å². The molecule has 0 saturated carbocycles. The Balaban J connectivity index is 1.07. The van der Waals surface area contributed by atoms with Crippen LogP contribution >= 0.6 is 0 Å². The first-order chi connectivity index (χ1) is 27.2. The first kappa shape index (κ1) is 31.2. The van der Waals surface area contributed by atoms with Gasteiger partial charge < -0.3 is 4.57 Å². The van der Waals surface area contributed by atoms with Crippen LogP contribution in [0.3, 0.4) is 0 Å². The smallest absolute Gasteiger partial charge is 0.160 e. The quantitative estimate of drug-likeness (QED) is 0.179. The summed E-state index contributed by atoms with van der Waals surface area (Å²) in [6, 6.07) is 71.5. The van der Waals surface area contributed by atoms with E-state index in [0.717, 1.165) is 44.5 Å². The first-order valence-corrected chi connectivity index (χ1v) is 18.7. The molecule has 0 atom stereocenters. The summed E-state index contributed by atoms with van der Waals surface area (Å²) in [7, 11) is 0. The van der Waals surface area contributed by atoms with E-state index < -0.39 is 0 Å². The van der Waals surface area contributed by atoms with E-state index in [1.54, 1.807) is 0 Å². The molecule has 9 aromatic carbocycles. The van der Waals surface area contributed by atoms with Crippen LogP contribution in [0, 0.1) is 0 Å². The van der Waals surface area contributed by atoms with Crippen molar-refractivity contribution in [3.05, 3.63) is 200 Å². The number of aromatic nitrogens is 3. The summed E-state index contributed by atoms with van der Waals surface area (Å²) in [5.41, 5.74) is 12.0. The van der Waals surface area contributed by atoms with Crippen molar-refractivity contribution >= 4 is 54.3 Å². The van der Waals surface area contributed by atoms with Crippen LogP contribution in [0.1, 0.15) is 0 Å². The zero-order valence-electron chi connectivity index (χ0n) is 29.9. The third-order valence-corrected chi connectivity index (χ3v) is 11.0. The first-order valence-electron chi connectivity index (χ1n) is 18.7. The van der Waals surface area contributed by atoms with Gasteiger partial charge in [-0.25, -0.2) is 9.97 Å². The third kappa shape index (κ3) is 5.28. The van der Waals surface area contributed by atoms with Crippen LogP contribution in [0.25, 0.3) is 105 Å². The number of hydrogen-bond donors (Lipinski definition) is 0. The molecule has 3 heteroatoms. The Kier molecular flexibility index (Phi) is 7.17. The van der Waals surface area contributed by atoms with Crippen molar-refractivity contribution in [2.45, 2.75) is 0 Å². The number of nitrogens with zero attached hydrogens (tertiary/aromatic N) is 3. The van der Waals surface area contributed by atoms with Crippen LogP contribution in [0.15, 0.2) is 200 Å². The van der Waals surface area contributed by atoms with Crippen molar-refractivity contribution in [3.63, 3.8) is 0 Å². The predicted molar refractivity (Wildman–Crippen MR) is 231 cm³/mol. The number of fused-ring (bicyclic) bond motifs is 7. The highest BCUT2D eigenvalue weighted by molar-refractivity contribution is 6.23. The maximum atomic E-state index is 5.29. The number of benzene rings is 9. The average Bonchev–Trinajstić information content (AvgIpc) is 3.59. The van der Waals surface area contributed by atoms with Gasteiger partial charge >= 0.3 is 0 Å². The summed E-state index contributed by atoms with van der Waals surface area (Å²) in [6.07, 6.45) is 0. The van der Waals surface area contributed by atoms with Crippen molar-refractivity contribution in [2.75, 3.05) is 0 Å². The molecule has 11 rings (SSSR count). The number of rotatable bonds is 5. The van der Waals surface area contributed by atoms with Gasteiger partial charge in [0.1, 0.15) is 0 Å². The SMILES string of the molecule is c1ccc(-c2ccc(-c3nc(-c4ccc(-n5c6cc7ccccc7cc6c6c7ccccc7ccc65)cc4)nc4cc(-c5ccccc5)ccc34)cc2)cc1. The average molecular weight is 700 g/mol. The molecule has 0 N–H and O–H groups in total. The third-order valence-electron chi connectivity index (χ3n) is 11.0. The second-order valence-electron chi connectivity index (χ2n) is 14.2. The van der Waals surface area contributed by atoms with Gasteiger partial charge in [-0.2, -0.15) is 0 Å². The summed E-state index contributed by atoms with van der Waals surface area (Å²) in [5, 5.41) is 8.53. The fourth-order valence-electron chi connectivity index (χ4n) is 8.25. The summed E-state index contributed by atoms with van der Waals surface area (Å²) in [4.78, 5) is 10.5. The minimum Gasteiger partial charge on any atom is -0.309 e. The second-order valence-corrected chi connectivity index (χ2v) is 14.2. The summed E-state index contributed by atoms with van der Waals surface area (Å²) in [6.45, 7) is 0. The molecule has 3 nitrogen and oxygen atoms in total. The zero-order valence-corrected chi connectivity index (χ0v) is 29.9. The molecule has 256 valence electrons. The van der Waals surface area contributed by atoms with Gasteiger partial charge in [-0.05, 0) is 98.4 Å². The van der Waals surface area contributed by atoms with Gasteiger partial charge in [-0.15, -0.1) is 0 Å². The van der Waals surface area contributed by atoms with Crippen LogP contribution in [-0.2, 0) is 0 Å². The Hall–Kier alpha value is -7.36. The molecular formula is C52H33N3. The molecule has 0 amide bonds. The van der Waals surface area contributed by atoms with E-state index in [0.29, 0.717) is 5.82 Å². The Morgan fingerprint density at radius 2 is 0.909 bits per heavy atom. The molecule has 0 aliphatic rings. The molecule has 0 spiro atoms. The van der Waals surface area contributed by atoms with Crippen LogP contribution in [-0.4, -0.2) is 14.5 Å². The van der Waals surface area contributed by atoms with E-state index in [-0.39, 0.29) is 0 Å². The lowest BCUT2D eigenvalue weighted by Gasteiger charge is -2.13. The Labute approximate surface area is 318 Å². The minimum absolute atomic E-state index is 0.700. The highest BCUT2D eigenvalue weighted by Gasteiger charge is 2.17. The maximum absolute atomic E-state index is 5.29. The zero-order chi connectivity index (χ0) is 36.3. The molecule has 2 aromatic heterocycles. The fourth-order valence-corrected chi connectivity index (χ4v) is 8.25. The Bertz CT molecular complexity index is 3220. The lowest BCUT2D eigenvalue weighted by atomic mass is 9.99. The minimum atomic E-state index is 0.700. The van der Waals surface area contributed by atoms with E-state index in [4.69, 9.17) is 9.97 Å². The van der Waals surface area contributed by atoms with Crippen LogP contribution in [0.5, 0.6) is 0 Å². The van der Waals surface area contributed by atoms with Gasteiger partial charge in [0.15, 0.2) is 5.82 Å². The highest BCUT2D eigenvalue weighted by atomic mass is 15.0. The number of hydrogen-bond acceptors (Lipinski definition) is 2. The summed E-state index contributed by atoms with van der Waals surface area (Å²) in [5.74, 6) is 0.700. The lowest BCUT2D eigenvalue weighted by Crippen LogP contribution is -1.97. The van der Waals surface area contributed by atoms with Crippen LogP contribution in [0.2, 0.25) is 0 Å². The monoisotopic (exact) mass is 699 g/mol. The molecule has 0 saturated heterocycles. The van der Waals surface area contributed by atoms with E-state index in [2.05, 4.69) is 205 Å². The van der Waals surface area contributed by atoms with E-state index in [1.165, 1.54) is 54.5 Å². The molecule has 0 unspecified atom stereocenters. The van der Waals surface area contributed by atoms with Crippen molar-refractivity contribution in [2.24, 2.45) is 0 Å². The maximum Gasteiger partial charge on any atom is 0.160 e. The lowest BCUT2D eigenvalue weighted by molar-refractivity contribution is 1.18. The molecule has 0 fully saturated rings. The largest absolute Gasteiger partial charge is 0.309 e. The molecule has 0 aliphatic carbocycles. The predicted octanol–water partition coefficient (Wildman–Crippen LogP) is 13.7. The summed E-state index contributed by atoms with van der Waals surface area (Å²) >= 11 is 0. The molecule has 2 heterocycles. The summed E-state index contributed by atoms with van der Waals surface area (Å²) < 4.78 is 2.40. The molecule has 0 radical (unpaired) electrons. The van der Waals surface area contributed by atoms with E-state index >= 15 is 0 Å². The molecule has 11 aromatic rings. The van der Waals surface area contributed by atoms with Gasteiger partial charge in [0.25, 0.3) is 0 Å². The molecular weight excluding hydrogens is 667 g/mol. The van der Waals surface area contributed by atoms with Crippen LogP contribution < -0.4 is 0 Å². The normalized spacial score (nSPS) is 11.6. The van der Waals surface area contributed by atoms with Gasteiger partial charge in [0.2, 0.25) is 0 Å².